The molecule has 2 aliphatic rings. The molecule has 5 heteroatoms. The van der Waals surface area contributed by atoms with Crippen LogP contribution in [0.2, 0.25) is 0 Å². The molecule has 1 aliphatic carbocycles. The Morgan fingerprint density at radius 2 is 1.95 bits per heavy atom. The third kappa shape index (κ3) is 2.37. The summed E-state index contributed by atoms with van der Waals surface area (Å²) in [6.07, 6.45) is 6.00. The van der Waals surface area contributed by atoms with Gasteiger partial charge in [0.2, 0.25) is 11.8 Å². The molecule has 2 heterocycles. The maximum atomic E-state index is 9.62. The van der Waals surface area contributed by atoms with Crippen molar-refractivity contribution < 1.29 is 4.74 Å². The summed E-state index contributed by atoms with van der Waals surface area (Å²) in [5.74, 6) is 1.24. The van der Waals surface area contributed by atoms with Crippen molar-refractivity contribution in [2.24, 2.45) is 11.7 Å². The van der Waals surface area contributed by atoms with E-state index < -0.39 is 0 Å². The highest BCUT2D eigenvalue weighted by molar-refractivity contribution is 5.51. The number of nitrogens with one attached hydrogen (secondary N) is 1. The Bertz CT molecular complexity index is 639. The Kier molecular flexibility index (Phi) is 3.64. The van der Waals surface area contributed by atoms with Gasteiger partial charge in [-0.05, 0) is 18.8 Å². The summed E-state index contributed by atoms with van der Waals surface area (Å²) in [5, 5.41) is 17.1. The second-order valence-electron chi connectivity index (χ2n) is 7.43. The Labute approximate surface area is 131 Å². The first kappa shape index (κ1) is 15.0. The molecular weight excluding hydrogens is 276 g/mol. The minimum Gasteiger partial charge on any atom is -0.420 e. The Morgan fingerprint density at radius 1 is 1.27 bits per heavy atom. The molecule has 1 fully saturated rings. The van der Waals surface area contributed by atoms with Crippen molar-refractivity contribution in [3.8, 4) is 11.9 Å². The van der Waals surface area contributed by atoms with Crippen molar-refractivity contribution in [3.05, 3.63) is 22.7 Å². The zero-order valence-electron chi connectivity index (χ0n) is 13.6. The second-order valence-corrected chi connectivity index (χ2v) is 7.43. The summed E-state index contributed by atoms with van der Waals surface area (Å²) in [6, 6.07) is 2.30. The Hall–Kier alpha value is -1.96. The van der Waals surface area contributed by atoms with Gasteiger partial charge in [0.05, 0.1) is 5.57 Å². The van der Waals surface area contributed by atoms with Gasteiger partial charge in [-0.25, -0.2) is 0 Å². The molecule has 3 N–H and O–H groups in total. The average Bonchev–Trinajstić information content (AvgIpc) is 2.90. The highest BCUT2D eigenvalue weighted by Crippen LogP contribution is 2.49. The molecule has 22 heavy (non-hydrogen) atoms. The predicted molar refractivity (Wildman–Crippen MR) is 84.1 cm³/mol. The van der Waals surface area contributed by atoms with E-state index in [2.05, 4.69) is 37.0 Å². The topological polar surface area (TPSA) is 87.7 Å². The van der Waals surface area contributed by atoms with E-state index >= 15 is 0 Å². The largest absolute Gasteiger partial charge is 0.420 e. The van der Waals surface area contributed by atoms with Crippen molar-refractivity contribution in [2.75, 3.05) is 0 Å². The molecular formula is C17H24N4O. The summed E-state index contributed by atoms with van der Waals surface area (Å²) < 4.78 is 5.62. The molecule has 0 spiro atoms. The fourth-order valence-corrected chi connectivity index (χ4v) is 3.79. The van der Waals surface area contributed by atoms with Gasteiger partial charge in [0.1, 0.15) is 6.07 Å². The molecule has 0 radical (unpaired) electrons. The van der Waals surface area contributed by atoms with Crippen LogP contribution in [0.15, 0.2) is 11.5 Å². The molecule has 1 aromatic rings. The normalized spacial score (nSPS) is 22.9. The predicted octanol–water partition coefficient (Wildman–Crippen LogP) is 3.46. The lowest BCUT2D eigenvalue weighted by Gasteiger charge is -2.34. The van der Waals surface area contributed by atoms with Gasteiger partial charge in [-0.2, -0.15) is 5.26 Å². The number of ether oxygens (including phenoxy) is 1. The lowest BCUT2D eigenvalue weighted by atomic mass is 9.71. The molecule has 0 saturated heterocycles. The van der Waals surface area contributed by atoms with Crippen molar-refractivity contribution in [1.29, 1.82) is 5.26 Å². The van der Waals surface area contributed by atoms with Gasteiger partial charge in [0.15, 0.2) is 0 Å². The molecule has 3 rings (SSSR count). The number of aromatic amines is 1. The van der Waals surface area contributed by atoms with E-state index in [0.717, 1.165) is 24.1 Å². The zero-order chi connectivity index (χ0) is 15.9. The van der Waals surface area contributed by atoms with E-state index in [9.17, 15) is 5.26 Å². The first-order valence-corrected chi connectivity index (χ1v) is 8.09. The van der Waals surface area contributed by atoms with Gasteiger partial charge in [-0.1, -0.05) is 40.0 Å². The van der Waals surface area contributed by atoms with Crippen molar-refractivity contribution in [2.45, 2.75) is 64.2 Å². The number of allylic oxidation sites excluding steroid dienone is 1. The van der Waals surface area contributed by atoms with Crippen molar-refractivity contribution in [3.63, 3.8) is 0 Å². The average molecular weight is 300 g/mol. The number of nitrogens with two attached hydrogens (primary N) is 1. The van der Waals surface area contributed by atoms with E-state index in [1.807, 2.05) is 0 Å². The molecule has 118 valence electrons. The van der Waals surface area contributed by atoms with Crippen LogP contribution < -0.4 is 10.5 Å². The smallest absolute Gasteiger partial charge is 0.243 e. The maximum absolute atomic E-state index is 9.62. The Balaban J connectivity index is 2.13. The van der Waals surface area contributed by atoms with Gasteiger partial charge in [-0.3, -0.25) is 5.10 Å². The summed E-state index contributed by atoms with van der Waals surface area (Å²) in [5.41, 5.74) is 8.60. The standard InChI is InChI=1S/C17H24N4O/c1-17(2,3)14-13-12(10-7-5-4-6-8-10)11(9-18)15(19)22-16(13)21-20-14/h10,12H,4-8,19H2,1-3H3,(H,20,21)/t12-/m1/s1. The van der Waals surface area contributed by atoms with Crippen LogP contribution in [-0.2, 0) is 5.41 Å². The molecule has 1 atom stereocenters. The van der Waals surface area contributed by atoms with Crippen molar-refractivity contribution >= 4 is 0 Å². The fourth-order valence-electron chi connectivity index (χ4n) is 3.79. The molecule has 1 aromatic heterocycles. The number of rotatable bonds is 1. The molecule has 0 aromatic carbocycles. The van der Waals surface area contributed by atoms with Crippen LogP contribution in [0.25, 0.3) is 0 Å². The van der Waals surface area contributed by atoms with Gasteiger partial charge < -0.3 is 10.5 Å². The number of nitrogens with zero attached hydrogens (tertiary/aromatic N) is 2. The van der Waals surface area contributed by atoms with Crippen LogP contribution in [-0.4, -0.2) is 10.2 Å². The highest BCUT2D eigenvalue weighted by Gasteiger charge is 2.41. The molecule has 0 unspecified atom stereocenters. The first-order chi connectivity index (χ1) is 10.4. The minimum atomic E-state index is -0.0798. The molecule has 5 nitrogen and oxygen atoms in total. The molecule has 1 saturated carbocycles. The number of fused-ring (bicyclic) bond motifs is 1. The maximum Gasteiger partial charge on any atom is 0.243 e. The Morgan fingerprint density at radius 3 is 2.55 bits per heavy atom. The highest BCUT2D eigenvalue weighted by atomic mass is 16.5. The molecule has 1 aliphatic heterocycles. The van der Waals surface area contributed by atoms with Crippen LogP contribution in [0.5, 0.6) is 5.88 Å². The third-order valence-electron chi connectivity index (χ3n) is 4.85. The van der Waals surface area contributed by atoms with E-state index in [1.165, 1.54) is 19.3 Å². The van der Waals surface area contributed by atoms with Gasteiger partial charge in [0, 0.05) is 22.6 Å². The number of hydrogen-bond acceptors (Lipinski definition) is 4. The summed E-state index contributed by atoms with van der Waals surface area (Å²) in [7, 11) is 0. The van der Waals surface area contributed by atoms with Crippen LogP contribution >= 0.6 is 0 Å². The minimum absolute atomic E-state index is 0.0158. The fraction of sp³-hybridized carbons (Fsp3) is 0.647. The van der Waals surface area contributed by atoms with Gasteiger partial charge >= 0.3 is 0 Å². The van der Waals surface area contributed by atoms with E-state index in [4.69, 9.17) is 10.5 Å². The summed E-state index contributed by atoms with van der Waals surface area (Å²) >= 11 is 0. The van der Waals surface area contributed by atoms with Gasteiger partial charge in [-0.15, -0.1) is 5.10 Å². The number of nitriles is 1. The lowest BCUT2D eigenvalue weighted by Crippen LogP contribution is -2.28. The molecule has 0 bridgehead atoms. The van der Waals surface area contributed by atoms with Crippen LogP contribution in [0.1, 0.15) is 70.1 Å². The lowest BCUT2D eigenvalue weighted by molar-refractivity contribution is 0.295. The van der Waals surface area contributed by atoms with Crippen molar-refractivity contribution in [1.82, 2.24) is 10.2 Å². The van der Waals surface area contributed by atoms with Crippen LogP contribution in [0, 0.1) is 17.2 Å². The second kappa shape index (κ2) is 5.35. The monoisotopic (exact) mass is 300 g/mol. The number of hydrogen-bond donors (Lipinski definition) is 2. The van der Waals surface area contributed by atoms with Gasteiger partial charge in [0.25, 0.3) is 0 Å². The van der Waals surface area contributed by atoms with Crippen LogP contribution in [0.4, 0.5) is 0 Å². The van der Waals surface area contributed by atoms with E-state index in [1.54, 1.807) is 0 Å². The van der Waals surface area contributed by atoms with E-state index in [0.29, 0.717) is 17.4 Å². The number of H-pyrrole nitrogens is 1. The summed E-state index contributed by atoms with van der Waals surface area (Å²) in [4.78, 5) is 0. The van der Waals surface area contributed by atoms with Crippen LogP contribution in [0.3, 0.4) is 0 Å². The summed E-state index contributed by atoms with van der Waals surface area (Å²) in [6.45, 7) is 6.44. The third-order valence-corrected chi connectivity index (χ3v) is 4.85. The SMILES string of the molecule is CC(C)(C)c1[nH]nc2c1[C@H](C1CCCCC1)C(C#N)=C(N)O2. The zero-order valence-corrected chi connectivity index (χ0v) is 13.6. The molecule has 0 amide bonds. The first-order valence-electron chi connectivity index (χ1n) is 8.09. The quantitative estimate of drug-likeness (QED) is 0.831. The van der Waals surface area contributed by atoms with E-state index in [-0.39, 0.29) is 17.2 Å². The number of aromatic nitrogens is 2.